The number of pyridine rings is 1. The van der Waals surface area contributed by atoms with Crippen molar-refractivity contribution >= 4 is 65.9 Å². The van der Waals surface area contributed by atoms with E-state index >= 15 is 0 Å². The largest absolute Gasteiger partial charge is 0.384 e. The van der Waals surface area contributed by atoms with Gasteiger partial charge in [0.2, 0.25) is 17.5 Å². The Hall–Kier alpha value is -11.9. The Morgan fingerprint density at radius 2 is 0.792 bits per heavy atom. The maximum absolute atomic E-state index is 12.1. The van der Waals surface area contributed by atoms with E-state index in [1.165, 1.54) is 66.0 Å². The van der Waals surface area contributed by atoms with Gasteiger partial charge in [0.05, 0.1) is 45.5 Å². The van der Waals surface area contributed by atoms with Crippen LogP contribution in [0.15, 0.2) is 138 Å². The van der Waals surface area contributed by atoms with E-state index < -0.39 is 35.7 Å². The average Bonchev–Trinajstić information content (AvgIpc) is 0.885. The highest BCUT2D eigenvalue weighted by Gasteiger charge is 2.28. The lowest BCUT2D eigenvalue weighted by atomic mass is 9.92. The molecule has 12 aromatic rings. The third kappa shape index (κ3) is 19.1. The number of fused-ring (bicyclic) bond motifs is 1. The first-order chi connectivity index (χ1) is 48.7. The molecule has 18 N–H and O–H groups in total. The van der Waals surface area contributed by atoms with E-state index in [0.717, 1.165) is 46.3 Å². The number of nitrogen functional groups attached to an aromatic ring is 6. The van der Waals surface area contributed by atoms with Crippen LogP contribution in [0.3, 0.4) is 0 Å². The molecule has 0 radical (unpaired) electrons. The van der Waals surface area contributed by atoms with Crippen molar-refractivity contribution in [1.82, 2.24) is 98.8 Å². The van der Waals surface area contributed by atoms with E-state index in [9.17, 15) is 45.1 Å². The second kappa shape index (κ2) is 29.3. The van der Waals surface area contributed by atoms with Crippen molar-refractivity contribution in [3.8, 4) is 35.0 Å². The first kappa shape index (κ1) is 79.8. The van der Waals surface area contributed by atoms with Crippen molar-refractivity contribution in [1.29, 1.82) is 0 Å². The normalized spacial score (nSPS) is 12.3. The number of rotatable bonds is 8. The summed E-state index contributed by atoms with van der Waals surface area (Å²) in [7, 11) is -9.37. The van der Waals surface area contributed by atoms with Crippen LogP contribution in [0.25, 0.3) is 45.8 Å². The predicted octanol–water partition coefficient (Wildman–Crippen LogP) is 6.81. The Bertz CT molecular complexity index is 5480. The van der Waals surface area contributed by atoms with Gasteiger partial charge in [-0.1, -0.05) is 137 Å². The summed E-state index contributed by atoms with van der Waals surface area (Å²) in [6.07, 6.45) is 3.02. The molecule has 38 heteroatoms. The van der Waals surface area contributed by atoms with Crippen LogP contribution in [-0.4, -0.2) is 125 Å². The van der Waals surface area contributed by atoms with Crippen LogP contribution in [-0.2, 0) is 52.7 Å². The summed E-state index contributed by atoms with van der Waals surface area (Å²) in [5.41, 5.74) is 39.2. The Labute approximate surface area is 609 Å². The molecule has 0 bridgehead atoms. The molecule has 0 amide bonds. The fraction of sp³-hybridized carbons (Fsp3) is 0.353. The minimum Gasteiger partial charge on any atom is -0.384 e. The van der Waals surface area contributed by atoms with E-state index in [-0.39, 0.29) is 83.3 Å². The number of nitrogens with two attached hydrogens (primary N) is 6. The molecule has 0 aliphatic rings. The maximum atomic E-state index is 12.1. The highest BCUT2D eigenvalue weighted by Crippen LogP contribution is 2.35. The second-order valence-corrected chi connectivity index (χ2v) is 33.4. The first-order valence-electron chi connectivity index (χ1n) is 32.7. The van der Waals surface area contributed by atoms with Gasteiger partial charge in [-0.25, -0.2) is 24.2 Å². The van der Waals surface area contributed by atoms with E-state index in [1.54, 1.807) is 47.3 Å². The topological polar surface area (TPSA) is 555 Å². The van der Waals surface area contributed by atoms with Gasteiger partial charge in [0.25, 0.3) is 37.3 Å². The minimum absolute atomic E-state index is 0.0500. The van der Waals surface area contributed by atoms with Crippen molar-refractivity contribution in [2.24, 2.45) is 0 Å². The molecule has 0 saturated carbocycles. The van der Waals surface area contributed by atoms with E-state index in [4.69, 9.17) is 34.4 Å². The van der Waals surface area contributed by atoms with Crippen LogP contribution in [0.4, 0.5) is 34.9 Å². The summed E-state index contributed by atoms with van der Waals surface area (Å²) in [5, 5.41) is 32.6. The van der Waals surface area contributed by atoms with Gasteiger partial charge in [-0.3, -0.25) is 33.5 Å². The zero-order valence-corrected chi connectivity index (χ0v) is 63.6. The fourth-order valence-electron chi connectivity index (χ4n) is 9.55. The lowest BCUT2D eigenvalue weighted by molar-refractivity contribution is 0.481. The summed E-state index contributed by atoms with van der Waals surface area (Å²) in [6.45, 7) is 36.4. The lowest BCUT2D eigenvalue weighted by Crippen LogP contribution is -2.22. The van der Waals surface area contributed by atoms with Gasteiger partial charge in [0.1, 0.15) is 44.7 Å². The number of aromatic nitrogens is 20. The zero-order chi connectivity index (χ0) is 79.1. The van der Waals surface area contributed by atoms with Gasteiger partial charge in [-0.05, 0) is 30.3 Å². The van der Waals surface area contributed by atoms with Crippen LogP contribution >= 0.6 is 0 Å². The number of benzene rings is 2. The molecule has 106 heavy (non-hydrogen) atoms. The molecule has 0 aliphatic heterocycles. The van der Waals surface area contributed by atoms with Crippen LogP contribution in [0.2, 0.25) is 0 Å². The van der Waals surface area contributed by atoms with Gasteiger partial charge in [-0.15, -0.1) is 0 Å². The van der Waals surface area contributed by atoms with Crippen molar-refractivity contribution in [2.45, 2.75) is 167 Å². The van der Waals surface area contributed by atoms with Gasteiger partial charge in [0, 0.05) is 110 Å². The number of nitrogens with one attached hydrogen (secondary N) is 4. The SMILES string of the molecule is CC(C)(C)c1cc(N)n(-c2cc(S(=O)(=O)O)c3cccc(S(=O)(=O)O)c3c2)n1.CC(C)(C)c1cc(N)n(-c2ccc(=O)[nH]c2)n1.CC(C)(C)c1cc(N)n(-c2ccc(=O)[nH]n2)n1.CC(C)(C)c1cc(N)n(-c2nc(-n3nc(C(C)(C)C)cc3N)[nH]c(=O)n2)n1.CC(C)(C)c1cc(N)n(-c2nccc(=O)[nH]2)n1. The third-order valence-corrected chi connectivity index (χ3v) is 17.3. The third-order valence-electron chi connectivity index (χ3n) is 15.5. The number of H-pyrrole nitrogens is 4. The van der Waals surface area contributed by atoms with Gasteiger partial charge in [0.15, 0.2) is 5.82 Å². The van der Waals surface area contributed by atoms with Crippen LogP contribution in [0.5, 0.6) is 0 Å². The minimum atomic E-state index is -4.72. The Morgan fingerprint density at radius 3 is 1.21 bits per heavy atom. The average molecular weight is 1500 g/mol. The molecule has 0 aliphatic carbocycles. The highest BCUT2D eigenvalue weighted by atomic mass is 32.2. The van der Waals surface area contributed by atoms with Gasteiger partial charge in [-0.2, -0.15) is 81.2 Å². The molecule has 564 valence electrons. The molecule has 0 spiro atoms. The smallest absolute Gasteiger partial charge is 0.351 e. The first-order valence-corrected chi connectivity index (χ1v) is 35.6. The highest BCUT2D eigenvalue weighted by molar-refractivity contribution is 7.86. The van der Waals surface area contributed by atoms with Crippen LogP contribution in [0, 0.1) is 0 Å². The van der Waals surface area contributed by atoms with Crippen molar-refractivity contribution < 1.29 is 25.9 Å². The molecule has 36 nitrogen and oxygen atoms in total. The van der Waals surface area contributed by atoms with Crippen LogP contribution < -0.4 is 56.8 Å². The predicted molar refractivity (Wildman–Crippen MR) is 404 cm³/mol. The van der Waals surface area contributed by atoms with Gasteiger partial charge >= 0.3 is 5.69 Å². The monoisotopic (exact) mass is 1490 g/mol. The fourth-order valence-corrected chi connectivity index (χ4v) is 11.0. The van der Waals surface area contributed by atoms with E-state index in [2.05, 4.69) is 112 Å². The van der Waals surface area contributed by atoms with E-state index in [0.29, 0.717) is 46.5 Å². The number of nitrogens with zero attached hydrogens (tertiary/aromatic N) is 16. The second-order valence-electron chi connectivity index (χ2n) is 30.7. The molecule has 0 fully saturated rings. The molecule has 10 aromatic heterocycles. The Balaban J connectivity index is 0.000000171. The standard InChI is InChI=1S/C17H25N9O.C17H19N3O6S2.C12H16N4O.2C11H15N5O/c1-16(2,3)9-7-11(18)25(23-9)13-20-14(22-15(27)21-13)26-12(19)8-10(24-26)17(4,5)6;1-17(2,3)15-9-16(18)20(19-15)10-7-12-11(14(8-10)28(24,25)26)5-4-6-13(12)27(21,22)23;1-12(2,3)9-6-10(13)16(15-9)8-4-5-11(17)14-7-8;1-11(2,3)7-6-8(12)16(15-7)10-13-5-4-9(17)14-10;1-11(2,3)7-6-8(12)16(15-7)9-4-5-10(17)14-13-9/h7-8H,18-19H2,1-6H3,(H,20,21,22,27);4-9H,18H2,1-3H3,(H,21,22,23)(H,24,25,26);4-7H,13H2,1-3H3,(H,14,17);4-6H,12H2,1-3H3,(H,13,14,17);4-6H,12H2,1-3H3,(H,14,17). The molecular formula is C68H90N26O10S2. The zero-order valence-electron chi connectivity index (χ0n) is 62.0. The summed E-state index contributed by atoms with van der Waals surface area (Å²) < 4.78 is 75.1. The summed E-state index contributed by atoms with van der Waals surface area (Å²) in [4.78, 5) is 64.2. The summed E-state index contributed by atoms with van der Waals surface area (Å²) in [6, 6.07) is 24.2. The number of hydrogen-bond donors (Lipinski definition) is 12. The molecular weight excluding hydrogens is 1410 g/mol. The van der Waals surface area contributed by atoms with E-state index in [1.807, 2.05) is 95.2 Å². The van der Waals surface area contributed by atoms with Crippen molar-refractivity contribution in [3.63, 3.8) is 0 Å². The summed E-state index contributed by atoms with van der Waals surface area (Å²) >= 11 is 0. The number of aromatic amines is 4. The van der Waals surface area contributed by atoms with Gasteiger partial charge < -0.3 is 39.4 Å². The number of anilines is 6. The molecule has 10 heterocycles. The van der Waals surface area contributed by atoms with Crippen LogP contribution in [0.1, 0.15) is 159 Å². The van der Waals surface area contributed by atoms with Crippen molar-refractivity contribution in [2.75, 3.05) is 34.4 Å². The Kier molecular flexibility index (Phi) is 22.1. The summed E-state index contributed by atoms with van der Waals surface area (Å²) in [5.74, 6) is 3.39. The molecule has 0 atom stereocenters. The molecule has 12 rings (SSSR count). The van der Waals surface area contributed by atoms with Crippen molar-refractivity contribution in [3.05, 3.63) is 185 Å². The molecule has 0 unspecified atom stereocenters. The number of hydrogen-bond acceptors (Lipinski definition) is 24. The Morgan fingerprint density at radius 1 is 0.387 bits per heavy atom. The molecule has 2 aromatic carbocycles. The quantitative estimate of drug-likeness (QED) is 0.0695. The molecule has 0 saturated heterocycles. The maximum Gasteiger partial charge on any atom is 0.351 e. The lowest BCUT2D eigenvalue weighted by Gasteiger charge is -2.14.